The molecular weight excluding hydrogens is 294 g/mol. The molecule has 1 fully saturated rings. The monoisotopic (exact) mass is 315 g/mol. The molecule has 0 unspecified atom stereocenters. The summed E-state index contributed by atoms with van der Waals surface area (Å²) in [5, 5.41) is 0.889. The molecule has 0 bridgehead atoms. The number of esters is 1. The minimum atomic E-state index is -0.0969. The van der Waals surface area contributed by atoms with E-state index in [4.69, 9.17) is 4.74 Å². The molecule has 1 aliphatic heterocycles. The second-order valence-electron chi connectivity index (χ2n) is 5.86. The van der Waals surface area contributed by atoms with E-state index in [1.54, 1.807) is 12.4 Å². The maximum Gasteiger partial charge on any atom is 0.309 e. The van der Waals surface area contributed by atoms with Gasteiger partial charge in [0.1, 0.15) is 5.65 Å². The normalized spacial score (nSPS) is 15.8. The number of carbonyl (C=O) groups excluding carboxylic acids is 2. The van der Waals surface area contributed by atoms with Crippen LogP contribution in [0.1, 0.15) is 30.1 Å². The molecule has 1 saturated heterocycles. The number of aldehydes is 1. The fourth-order valence-corrected chi connectivity index (χ4v) is 3.29. The number of anilines is 1. The Morgan fingerprint density at radius 2 is 2.17 bits per heavy atom. The van der Waals surface area contributed by atoms with Crippen LogP contribution in [-0.2, 0) is 16.6 Å². The first-order valence-corrected chi connectivity index (χ1v) is 7.96. The summed E-state index contributed by atoms with van der Waals surface area (Å²) >= 11 is 0. The summed E-state index contributed by atoms with van der Waals surface area (Å²) in [6, 6.07) is 1.94. The number of fused-ring (bicyclic) bond motifs is 1. The molecule has 0 aliphatic carbocycles. The number of hydrogen-bond acceptors (Lipinski definition) is 5. The average molecular weight is 315 g/mol. The lowest BCUT2D eigenvalue weighted by atomic mass is 9.96. The van der Waals surface area contributed by atoms with Crippen LogP contribution in [0.2, 0.25) is 0 Å². The van der Waals surface area contributed by atoms with Gasteiger partial charge in [0.2, 0.25) is 0 Å². The molecule has 122 valence electrons. The summed E-state index contributed by atoms with van der Waals surface area (Å²) in [5.74, 6) is -0.120. The Kier molecular flexibility index (Phi) is 4.32. The van der Waals surface area contributed by atoms with Crippen LogP contribution in [0.15, 0.2) is 18.5 Å². The van der Waals surface area contributed by atoms with Gasteiger partial charge in [0.05, 0.1) is 23.6 Å². The average Bonchev–Trinajstić information content (AvgIpc) is 2.92. The van der Waals surface area contributed by atoms with Gasteiger partial charge in [-0.15, -0.1) is 0 Å². The molecule has 1 aliphatic rings. The third kappa shape index (κ3) is 2.81. The van der Waals surface area contributed by atoms with Crippen LogP contribution < -0.4 is 4.90 Å². The number of piperidine rings is 1. The van der Waals surface area contributed by atoms with Crippen molar-refractivity contribution in [1.82, 2.24) is 9.55 Å². The molecule has 3 heterocycles. The predicted molar refractivity (Wildman–Crippen MR) is 87.7 cm³/mol. The van der Waals surface area contributed by atoms with Gasteiger partial charge in [0.25, 0.3) is 0 Å². The lowest BCUT2D eigenvalue weighted by Gasteiger charge is -2.33. The van der Waals surface area contributed by atoms with E-state index < -0.39 is 0 Å². The topological polar surface area (TPSA) is 64.4 Å². The zero-order chi connectivity index (χ0) is 16.4. The van der Waals surface area contributed by atoms with Gasteiger partial charge in [0.15, 0.2) is 6.29 Å². The lowest BCUT2D eigenvalue weighted by Crippen LogP contribution is -2.37. The first kappa shape index (κ1) is 15.5. The third-order valence-corrected chi connectivity index (χ3v) is 4.45. The highest BCUT2D eigenvalue weighted by atomic mass is 16.5. The zero-order valence-electron chi connectivity index (χ0n) is 13.5. The highest BCUT2D eigenvalue weighted by Gasteiger charge is 2.27. The fourth-order valence-electron chi connectivity index (χ4n) is 3.29. The van der Waals surface area contributed by atoms with Crippen molar-refractivity contribution < 1.29 is 14.3 Å². The van der Waals surface area contributed by atoms with Crippen molar-refractivity contribution in [3.63, 3.8) is 0 Å². The molecule has 2 aromatic rings. The molecular formula is C17H21N3O3. The van der Waals surface area contributed by atoms with Gasteiger partial charge in [0, 0.05) is 38.1 Å². The van der Waals surface area contributed by atoms with Crippen LogP contribution in [0.3, 0.4) is 0 Å². The second kappa shape index (κ2) is 6.40. The Morgan fingerprint density at radius 1 is 1.43 bits per heavy atom. The molecule has 0 radical (unpaired) electrons. The van der Waals surface area contributed by atoms with Crippen LogP contribution in [0.4, 0.5) is 5.69 Å². The van der Waals surface area contributed by atoms with Crippen molar-refractivity contribution in [2.24, 2.45) is 13.0 Å². The molecule has 0 saturated carbocycles. The van der Waals surface area contributed by atoms with E-state index in [1.807, 2.05) is 24.6 Å². The first-order chi connectivity index (χ1) is 11.2. The summed E-state index contributed by atoms with van der Waals surface area (Å²) in [6.45, 7) is 3.80. The predicted octanol–water partition coefficient (Wildman–Crippen LogP) is 2.17. The van der Waals surface area contributed by atoms with E-state index in [-0.39, 0.29) is 11.9 Å². The van der Waals surface area contributed by atoms with Gasteiger partial charge in [-0.3, -0.25) is 9.59 Å². The van der Waals surface area contributed by atoms with Crippen molar-refractivity contribution in [2.75, 3.05) is 24.6 Å². The highest BCUT2D eigenvalue weighted by Crippen LogP contribution is 2.32. The maximum atomic E-state index is 11.9. The zero-order valence-corrected chi connectivity index (χ0v) is 13.5. The molecule has 2 aromatic heterocycles. The molecule has 0 amide bonds. The van der Waals surface area contributed by atoms with Crippen molar-refractivity contribution in [2.45, 2.75) is 19.8 Å². The quantitative estimate of drug-likeness (QED) is 0.639. The Labute approximate surface area is 135 Å². The summed E-state index contributed by atoms with van der Waals surface area (Å²) in [6.07, 6.45) is 5.99. The number of ether oxygens (including phenoxy) is 1. The standard InChI is InChI=1S/C17H21N3O3/c1-3-23-17(22)12-5-8-20(9-6-12)14-4-7-18-16-15(14)13(11-21)10-19(16)2/h4,7,10-12H,3,5-6,8-9H2,1-2H3. The Morgan fingerprint density at radius 3 is 2.83 bits per heavy atom. The van der Waals surface area contributed by atoms with Gasteiger partial charge >= 0.3 is 5.97 Å². The van der Waals surface area contributed by atoms with Gasteiger partial charge in [-0.1, -0.05) is 0 Å². The van der Waals surface area contributed by atoms with Crippen molar-refractivity contribution in [3.05, 3.63) is 24.0 Å². The van der Waals surface area contributed by atoms with E-state index >= 15 is 0 Å². The van der Waals surface area contributed by atoms with Crippen LogP contribution >= 0.6 is 0 Å². The highest BCUT2D eigenvalue weighted by molar-refractivity contribution is 6.03. The number of pyridine rings is 1. The number of aryl methyl sites for hydroxylation is 1. The van der Waals surface area contributed by atoms with Gasteiger partial charge in [-0.25, -0.2) is 4.98 Å². The molecule has 0 atom stereocenters. The van der Waals surface area contributed by atoms with E-state index in [0.717, 1.165) is 48.9 Å². The van der Waals surface area contributed by atoms with Crippen LogP contribution in [0, 0.1) is 5.92 Å². The molecule has 0 aromatic carbocycles. The van der Waals surface area contributed by atoms with E-state index in [0.29, 0.717) is 12.2 Å². The van der Waals surface area contributed by atoms with Crippen LogP contribution in [0.5, 0.6) is 0 Å². The number of aromatic nitrogens is 2. The van der Waals surface area contributed by atoms with E-state index in [2.05, 4.69) is 9.88 Å². The molecule has 3 rings (SSSR count). The summed E-state index contributed by atoms with van der Waals surface area (Å²) in [4.78, 5) is 29.8. The Hall–Kier alpha value is -2.37. The van der Waals surface area contributed by atoms with Crippen LogP contribution in [-0.4, -0.2) is 41.5 Å². The minimum absolute atomic E-state index is 0.0233. The van der Waals surface area contributed by atoms with Crippen LogP contribution in [0.25, 0.3) is 11.0 Å². The second-order valence-corrected chi connectivity index (χ2v) is 5.86. The number of hydrogen-bond donors (Lipinski definition) is 0. The molecule has 0 N–H and O–H groups in total. The number of carbonyl (C=O) groups is 2. The summed E-state index contributed by atoms with van der Waals surface area (Å²) in [7, 11) is 1.89. The third-order valence-electron chi connectivity index (χ3n) is 4.45. The lowest BCUT2D eigenvalue weighted by molar-refractivity contribution is -0.148. The van der Waals surface area contributed by atoms with E-state index in [1.165, 1.54) is 0 Å². The first-order valence-electron chi connectivity index (χ1n) is 7.96. The summed E-state index contributed by atoms with van der Waals surface area (Å²) in [5.41, 5.74) is 2.47. The Bertz CT molecular complexity index is 730. The van der Waals surface area contributed by atoms with Gasteiger partial charge in [-0.2, -0.15) is 0 Å². The van der Waals surface area contributed by atoms with Gasteiger partial charge < -0.3 is 14.2 Å². The molecule has 23 heavy (non-hydrogen) atoms. The largest absolute Gasteiger partial charge is 0.466 e. The molecule has 6 nitrogen and oxygen atoms in total. The van der Waals surface area contributed by atoms with Crippen molar-refractivity contribution >= 4 is 29.0 Å². The SMILES string of the molecule is CCOC(=O)C1CCN(c2ccnc3c2c(C=O)cn3C)CC1. The van der Waals surface area contributed by atoms with E-state index in [9.17, 15) is 9.59 Å². The maximum absolute atomic E-state index is 11.9. The Balaban J connectivity index is 1.85. The fraction of sp³-hybridized carbons (Fsp3) is 0.471. The minimum Gasteiger partial charge on any atom is -0.466 e. The van der Waals surface area contributed by atoms with Crippen molar-refractivity contribution in [1.29, 1.82) is 0 Å². The smallest absolute Gasteiger partial charge is 0.309 e. The van der Waals surface area contributed by atoms with Gasteiger partial charge in [-0.05, 0) is 25.8 Å². The number of rotatable bonds is 4. The molecule has 0 spiro atoms. The summed E-state index contributed by atoms with van der Waals surface area (Å²) < 4.78 is 6.98. The van der Waals surface area contributed by atoms with Crippen molar-refractivity contribution in [3.8, 4) is 0 Å². The molecule has 6 heteroatoms. The number of nitrogens with zero attached hydrogens (tertiary/aromatic N) is 3.